The summed E-state index contributed by atoms with van der Waals surface area (Å²) in [6, 6.07) is 13.3. The molecular weight excluding hydrogens is 404 g/mol. The maximum atomic E-state index is 11.8. The van der Waals surface area contributed by atoms with Gasteiger partial charge in [0, 0.05) is 54.7 Å². The first-order valence-electron chi connectivity index (χ1n) is 10.5. The van der Waals surface area contributed by atoms with Gasteiger partial charge in [0.05, 0.1) is 17.4 Å². The van der Waals surface area contributed by atoms with Crippen LogP contribution in [0, 0.1) is 0 Å². The van der Waals surface area contributed by atoms with E-state index in [4.69, 9.17) is 15.6 Å². The molecule has 0 atom stereocenters. The lowest BCUT2D eigenvalue weighted by atomic mass is 9.98. The van der Waals surface area contributed by atoms with E-state index in [-0.39, 0.29) is 11.7 Å². The van der Waals surface area contributed by atoms with Crippen LogP contribution in [0.15, 0.2) is 67.3 Å². The Balaban J connectivity index is 1.71. The van der Waals surface area contributed by atoms with Crippen LogP contribution in [0.1, 0.15) is 29.4 Å². The van der Waals surface area contributed by atoms with Crippen LogP contribution in [0.2, 0.25) is 0 Å². The molecule has 8 nitrogen and oxygen atoms in total. The summed E-state index contributed by atoms with van der Waals surface area (Å²) in [5.74, 6) is -0.574. The molecule has 1 aliphatic rings. The summed E-state index contributed by atoms with van der Waals surface area (Å²) < 4.78 is 7.54. The van der Waals surface area contributed by atoms with E-state index in [1.807, 2.05) is 47.3 Å². The fourth-order valence-electron chi connectivity index (χ4n) is 3.96. The molecule has 4 aromatic rings. The van der Waals surface area contributed by atoms with E-state index in [0.717, 1.165) is 54.1 Å². The van der Waals surface area contributed by atoms with Crippen LogP contribution in [0.4, 0.5) is 0 Å². The van der Waals surface area contributed by atoms with Gasteiger partial charge in [-0.3, -0.25) is 19.4 Å². The third-order valence-electron chi connectivity index (χ3n) is 5.60. The van der Waals surface area contributed by atoms with Crippen molar-refractivity contribution in [1.82, 2.24) is 24.7 Å². The summed E-state index contributed by atoms with van der Waals surface area (Å²) in [4.78, 5) is 25.1. The Morgan fingerprint density at radius 1 is 0.969 bits per heavy atom. The molecule has 32 heavy (non-hydrogen) atoms. The third kappa shape index (κ3) is 3.88. The zero-order valence-electron chi connectivity index (χ0n) is 17.4. The second kappa shape index (κ2) is 8.68. The van der Waals surface area contributed by atoms with Crippen molar-refractivity contribution in [3.05, 3.63) is 72.9 Å². The summed E-state index contributed by atoms with van der Waals surface area (Å²) in [6.07, 6.45) is 9.00. The van der Waals surface area contributed by atoms with Gasteiger partial charge in [-0.15, -0.1) is 0 Å². The molecule has 0 spiro atoms. The molecule has 4 aromatic heterocycles. The Hall–Kier alpha value is -3.91. The number of pyridine rings is 3. The zero-order chi connectivity index (χ0) is 21.9. The Bertz CT molecular complexity index is 1230. The average molecular weight is 426 g/mol. The maximum absolute atomic E-state index is 11.8. The molecule has 0 bridgehead atoms. The Morgan fingerprint density at radius 3 is 2.50 bits per heavy atom. The van der Waals surface area contributed by atoms with Crippen molar-refractivity contribution in [2.24, 2.45) is 5.73 Å². The Morgan fingerprint density at radius 2 is 1.78 bits per heavy atom. The molecule has 0 saturated carbocycles. The molecule has 0 aliphatic carbocycles. The van der Waals surface area contributed by atoms with E-state index < -0.39 is 5.91 Å². The van der Waals surface area contributed by atoms with E-state index in [2.05, 4.69) is 15.0 Å². The first-order chi connectivity index (χ1) is 15.7. The van der Waals surface area contributed by atoms with Gasteiger partial charge in [0.25, 0.3) is 5.91 Å². The second-order valence-electron chi connectivity index (χ2n) is 7.62. The summed E-state index contributed by atoms with van der Waals surface area (Å²) in [6.45, 7) is 1.44. The number of amides is 1. The highest BCUT2D eigenvalue weighted by atomic mass is 16.5. The second-order valence-corrected chi connectivity index (χ2v) is 7.62. The number of carbonyl (C=O) groups is 1. The molecule has 2 N–H and O–H groups in total. The molecule has 5 heterocycles. The number of hydrogen-bond donors (Lipinski definition) is 1. The van der Waals surface area contributed by atoms with Crippen molar-refractivity contribution in [2.45, 2.75) is 18.9 Å². The van der Waals surface area contributed by atoms with E-state index in [0.29, 0.717) is 5.69 Å². The molecule has 0 aromatic carbocycles. The minimum Gasteiger partial charge on any atom is -0.381 e. The molecule has 1 saturated heterocycles. The number of ether oxygens (including phenoxy) is 1. The van der Waals surface area contributed by atoms with Crippen molar-refractivity contribution in [1.29, 1.82) is 0 Å². The first-order valence-corrected chi connectivity index (χ1v) is 10.5. The smallest absolute Gasteiger partial charge is 0.267 e. The average Bonchev–Trinajstić information content (AvgIpc) is 3.31. The third-order valence-corrected chi connectivity index (χ3v) is 5.60. The number of primary amides is 1. The number of rotatable bonds is 5. The number of nitrogens with zero attached hydrogens (tertiary/aromatic N) is 5. The number of carbonyl (C=O) groups excluding carboxylic acids is 1. The topological polar surface area (TPSA) is 109 Å². The quantitative estimate of drug-likeness (QED) is 0.523. The van der Waals surface area contributed by atoms with Crippen LogP contribution < -0.4 is 5.73 Å². The van der Waals surface area contributed by atoms with Crippen LogP contribution in [0.25, 0.3) is 33.8 Å². The van der Waals surface area contributed by atoms with Crippen molar-refractivity contribution < 1.29 is 9.53 Å². The summed E-state index contributed by atoms with van der Waals surface area (Å²) in [5.41, 5.74) is 10.5. The standard InChI is InChI=1S/C24H22N6O2/c25-24(31)21-5-4-18(22(28-21)16-6-11-26-12-7-16)19-15-30(17-8-13-32-14-9-17)29-23(19)20-3-1-2-10-27-20/h1-7,10-12,15,17H,8-9,13-14H2,(H2,25,31). The highest BCUT2D eigenvalue weighted by molar-refractivity contribution is 5.94. The molecule has 160 valence electrons. The van der Waals surface area contributed by atoms with Crippen molar-refractivity contribution in [3.63, 3.8) is 0 Å². The van der Waals surface area contributed by atoms with Gasteiger partial charge in [0.15, 0.2) is 0 Å². The predicted octanol–water partition coefficient (Wildman–Crippen LogP) is 3.52. The predicted molar refractivity (Wildman–Crippen MR) is 120 cm³/mol. The lowest BCUT2D eigenvalue weighted by molar-refractivity contribution is 0.0663. The number of aromatic nitrogens is 5. The van der Waals surface area contributed by atoms with Crippen LogP contribution in [-0.4, -0.2) is 43.9 Å². The highest BCUT2D eigenvalue weighted by Crippen LogP contribution is 2.37. The monoisotopic (exact) mass is 426 g/mol. The van der Waals surface area contributed by atoms with Gasteiger partial charge in [-0.05, 0) is 49.2 Å². The van der Waals surface area contributed by atoms with E-state index in [9.17, 15) is 4.79 Å². The molecular formula is C24H22N6O2. The molecule has 1 amide bonds. The zero-order valence-corrected chi connectivity index (χ0v) is 17.4. The Labute approximate surface area is 185 Å². The first kappa shape index (κ1) is 20.0. The molecule has 1 fully saturated rings. The minimum absolute atomic E-state index is 0.205. The van der Waals surface area contributed by atoms with Crippen LogP contribution in [0.3, 0.4) is 0 Å². The van der Waals surface area contributed by atoms with Gasteiger partial charge in [-0.2, -0.15) is 5.10 Å². The van der Waals surface area contributed by atoms with Crippen LogP contribution >= 0.6 is 0 Å². The number of hydrogen-bond acceptors (Lipinski definition) is 6. The van der Waals surface area contributed by atoms with Gasteiger partial charge in [-0.1, -0.05) is 6.07 Å². The summed E-state index contributed by atoms with van der Waals surface area (Å²) >= 11 is 0. The van der Waals surface area contributed by atoms with E-state index >= 15 is 0 Å². The lowest BCUT2D eigenvalue weighted by Gasteiger charge is -2.22. The largest absolute Gasteiger partial charge is 0.381 e. The van der Waals surface area contributed by atoms with Gasteiger partial charge in [0.2, 0.25) is 0 Å². The van der Waals surface area contributed by atoms with Crippen molar-refractivity contribution in [2.75, 3.05) is 13.2 Å². The molecule has 1 aliphatic heterocycles. The fourth-order valence-corrected chi connectivity index (χ4v) is 3.96. The van der Waals surface area contributed by atoms with Crippen LogP contribution in [-0.2, 0) is 4.74 Å². The Kier molecular flexibility index (Phi) is 5.43. The van der Waals surface area contributed by atoms with Crippen LogP contribution in [0.5, 0.6) is 0 Å². The normalized spacial score (nSPS) is 14.4. The van der Waals surface area contributed by atoms with Gasteiger partial charge >= 0.3 is 0 Å². The van der Waals surface area contributed by atoms with Gasteiger partial charge in [0.1, 0.15) is 11.4 Å². The highest BCUT2D eigenvalue weighted by Gasteiger charge is 2.23. The van der Waals surface area contributed by atoms with E-state index in [1.54, 1.807) is 24.7 Å². The van der Waals surface area contributed by atoms with Crippen molar-refractivity contribution in [3.8, 4) is 33.8 Å². The maximum Gasteiger partial charge on any atom is 0.267 e. The van der Waals surface area contributed by atoms with E-state index in [1.165, 1.54) is 0 Å². The van der Waals surface area contributed by atoms with Gasteiger partial charge in [-0.25, -0.2) is 4.98 Å². The lowest BCUT2D eigenvalue weighted by Crippen LogP contribution is -2.19. The SMILES string of the molecule is NC(=O)c1ccc(-c2cn(C3CCOCC3)nc2-c2ccccn2)c(-c2ccncc2)n1. The fraction of sp³-hybridized carbons (Fsp3) is 0.208. The van der Waals surface area contributed by atoms with Gasteiger partial charge < -0.3 is 10.5 Å². The molecule has 5 rings (SSSR count). The van der Waals surface area contributed by atoms with Crippen molar-refractivity contribution >= 4 is 5.91 Å². The minimum atomic E-state index is -0.574. The molecule has 0 radical (unpaired) electrons. The molecule has 8 heteroatoms. The number of nitrogens with two attached hydrogens (primary N) is 1. The molecule has 0 unspecified atom stereocenters. The summed E-state index contributed by atoms with van der Waals surface area (Å²) in [5, 5.41) is 4.94. The summed E-state index contributed by atoms with van der Waals surface area (Å²) in [7, 11) is 0.